The van der Waals surface area contributed by atoms with Gasteiger partial charge in [-0.2, -0.15) is 0 Å². The van der Waals surface area contributed by atoms with Gasteiger partial charge in [-0.25, -0.2) is 0 Å². The first-order chi connectivity index (χ1) is 38.7. The van der Waals surface area contributed by atoms with Crippen LogP contribution in [0.3, 0.4) is 0 Å². The summed E-state index contributed by atoms with van der Waals surface area (Å²) in [5.74, 6) is 2.49. The van der Waals surface area contributed by atoms with E-state index in [0.29, 0.717) is 83.9 Å². The van der Waals surface area contributed by atoms with E-state index in [2.05, 4.69) is 29.4 Å². The van der Waals surface area contributed by atoms with Crippen LogP contribution in [0.15, 0.2) is 84.0 Å². The van der Waals surface area contributed by atoms with E-state index in [1.807, 2.05) is 62.4 Å². The molecule has 6 bridgehead atoms. The molecule has 14 atom stereocenters. The van der Waals surface area contributed by atoms with Crippen LogP contribution in [0.4, 0.5) is 0 Å². The number of aromatic hydroxyl groups is 1. The summed E-state index contributed by atoms with van der Waals surface area (Å²) in [4.78, 5) is 25.3. The van der Waals surface area contributed by atoms with E-state index in [9.17, 15) is 65.8 Å². The van der Waals surface area contributed by atoms with Crippen LogP contribution in [0.5, 0.6) is 5.75 Å². The Kier molecular flexibility index (Phi) is 22.6. The fourth-order valence-electron chi connectivity index (χ4n) is 13.8. The number of rotatable bonds is 19. The first kappa shape index (κ1) is 63.4. The maximum Gasteiger partial charge on any atom is 0.303 e. The van der Waals surface area contributed by atoms with Crippen LogP contribution < -0.4 is 10.6 Å². The van der Waals surface area contributed by atoms with Crippen molar-refractivity contribution in [3.05, 3.63) is 128 Å². The Bertz CT molecular complexity index is 2780. The molecule has 3 aromatic rings. The van der Waals surface area contributed by atoms with Crippen molar-refractivity contribution in [1.82, 2.24) is 10.6 Å². The molecule has 0 aromatic heterocycles. The molecule has 1 aliphatic carbocycles. The second kappa shape index (κ2) is 28.9. The topological polar surface area (TPSA) is 281 Å². The molecule has 15 nitrogen and oxygen atoms in total. The first-order valence-electron chi connectivity index (χ1n) is 29.7. The van der Waals surface area contributed by atoms with Crippen LogP contribution in [0.1, 0.15) is 162 Å². The Morgan fingerprint density at radius 2 is 1.72 bits per heavy atom. The third kappa shape index (κ3) is 15.5. The van der Waals surface area contributed by atoms with Crippen molar-refractivity contribution in [2.24, 2.45) is 17.8 Å². The van der Waals surface area contributed by atoms with E-state index < -0.39 is 96.0 Å². The third-order valence-corrected chi connectivity index (χ3v) is 18.3. The van der Waals surface area contributed by atoms with Gasteiger partial charge in [0.2, 0.25) is 0 Å². The predicted molar refractivity (Wildman–Crippen MR) is 312 cm³/mol. The van der Waals surface area contributed by atoms with Crippen LogP contribution >= 0.6 is 0 Å². The second-order valence-corrected chi connectivity index (χ2v) is 23.9. The largest absolute Gasteiger partial charge is 0.508 e. The quantitative estimate of drug-likeness (QED) is 0.0565. The lowest BCUT2D eigenvalue weighted by molar-refractivity contribution is -0.140. The zero-order chi connectivity index (χ0) is 58.6. The van der Waals surface area contributed by atoms with Crippen LogP contribution in [0.25, 0.3) is 6.08 Å². The van der Waals surface area contributed by atoms with Crippen molar-refractivity contribution in [3.8, 4) is 17.6 Å². The number of carbonyl (C=O) groups is 2. The minimum absolute atomic E-state index is 0.0219. The number of nitrogens with one attached hydrogen (secondary N) is 2. The van der Waals surface area contributed by atoms with Crippen molar-refractivity contribution in [3.63, 3.8) is 0 Å². The molecule has 1 saturated heterocycles. The van der Waals surface area contributed by atoms with E-state index in [1.165, 1.54) is 0 Å². The van der Waals surface area contributed by atoms with E-state index in [4.69, 9.17) is 0 Å². The number of unbranched alkanes of at least 4 members (excludes halogenated alkanes) is 1. The normalized spacial score (nSPS) is 29.1. The molecule has 8 rings (SSSR count). The van der Waals surface area contributed by atoms with Crippen molar-refractivity contribution in [2.45, 2.75) is 209 Å². The van der Waals surface area contributed by atoms with Gasteiger partial charge in [-0.05, 0) is 177 Å². The lowest BCUT2D eigenvalue weighted by atomic mass is 9.59. The van der Waals surface area contributed by atoms with Gasteiger partial charge in [0.25, 0.3) is 0 Å². The van der Waals surface area contributed by atoms with Gasteiger partial charge in [0.1, 0.15) is 5.75 Å². The molecule has 13 N–H and O–H groups in total. The number of carboxylic acids is 2. The number of hydrogen-bond acceptors (Lipinski definition) is 13. The van der Waals surface area contributed by atoms with Gasteiger partial charge in [0, 0.05) is 49.1 Å². The van der Waals surface area contributed by atoms with Crippen molar-refractivity contribution < 1.29 is 65.8 Å². The molecule has 0 amide bonds. The maximum atomic E-state index is 14.5. The van der Waals surface area contributed by atoms with Gasteiger partial charge in [-0.3, -0.25) is 9.59 Å². The second-order valence-electron chi connectivity index (χ2n) is 23.9. The molecule has 0 spiro atoms. The lowest BCUT2D eigenvalue weighted by Gasteiger charge is -2.54. The number of phenols is 1. The number of benzene rings is 3. The standard InChI is InChI=1S/C66H90N2O13/c1-5-7-13-57(73)58(74)27-21-44-18-17-43-11-8-10-42(6-2)51(43)12-9-31-66(65(4,81)63-45(30-32-69)19-20-48-34-49(71)23-25-52(48)63)38-41-15-16-47(46(33-41)22-29-61(77)78)35-60(76)53-24-14-40(3)67-64(55(53)37-62(79)80)59(75)28-26-56(68-66)54(44)36-50(72)39-70/h8,10-11,15-16,19-21,23,25,27,33-34,40,45,50,53,55-60,63-64,67-76,81H,5-7,13-14,17-18,22,24,26,28-32,35-39H2,1-4H3,(H,77,78)(H,79,80)/b27-21+,54-44+/t40-,45+,50+,53-,55-,56-,57+,58-,59-,60-,63+,64-,65+,66-/m1/s1. The zero-order valence-corrected chi connectivity index (χ0v) is 47.8. The van der Waals surface area contributed by atoms with Gasteiger partial charge in [0.05, 0.1) is 54.7 Å². The van der Waals surface area contributed by atoms with E-state index >= 15 is 0 Å². The summed E-state index contributed by atoms with van der Waals surface area (Å²) in [5.41, 5.74) is 3.94. The molecule has 4 heterocycles. The number of hydrogen-bond donors (Lipinski definition) is 13. The van der Waals surface area contributed by atoms with Gasteiger partial charge >= 0.3 is 11.9 Å². The molecular weight excluding hydrogens is 1030 g/mol. The van der Waals surface area contributed by atoms with Gasteiger partial charge in [0.15, 0.2) is 0 Å². The fourth-order valence-corrected chi connectivity index (χ4v) is 13.8. The van der Waals surface area contributed by atoms with Crippen LogP contribution in [0.2, 0.25) is 0 Å². The van der Waals surface area contributed by atoms with Crippen LogP contribution in [-0.4, -0.2) is 141 Å². The van der Waals surface area contributed by atoms with E-state index in [1.54, 1.807) is 37.3 Å². The van der Waals surface area contributed by atoms with Crippen molar-refractivity contribution in [1.29, 1.82) is 0 Å². The average molecular weight is 1120 g/mol. The summed E-state index contributed by atoms with van der Waals surface area (Å²) >= 11 is 0. The maximum absolute atomic E-state index is 14.5. The number of phenolic OH excluding ortho intramolecular Hbond substituents is 1. The summed E-state index contributed by atoms with van der Waals surface area (Å²) in [6.07, 6.45) is 5.41. The number of aliphatic hydroxyl groups excluding tert-OH is 7. The number of aliphatic carboxylic acids is 2. The number of carboxylic acid groups (broad SMARTS) is 2. The van der Waals surface area contributed by atoms with Crippen LogP contribution in [0, 0.1) is 29.6 Å². The Labute approximate surface area is 478 Å². The van der Waals surface area contributed by atoms with E-state index in [-0.39, 0.29) is 82.6 Å². The minimum atomic E-state index is -1.89. The molecule has 4 aliphatic heterocycles. The molecule has 442 valence electrons. The molecule has 1 fully saturated rings. The molecule has 0 unspecified atom stereocenters. The summed E-state index contributed by atoms with van der Waals surface area (Å²) < 4.78 is 0. The van der Waals surface area contributed by atoms with Crippen molar-refractivity contribution in [2.75, 3.05) is 13.2 Å². The molecule has 0 saturated carbocycles. The van der Waals surface area contributed by atoms with Gasteiger partial charge < -0.3 is 66.8 Å². The zero-order valence-electron chi connectivity index (χ0n) is 47.8. The highest BCUT2D eigenvalue weighted by Gasteiger charge is 2.56. The van der Waals surface area contributed by atoms with Crippen molar-refractivity contribution >= 4 is 18.0 Å². The lowest BCUT2D eigenvalue weighted by Crippen LogP contribution is -2.68. The SMILES string of the molecule is CCCC[C@H](O)[C@H](O)/C=C/C1=C(\C[C@H](O)CO)[C@H]2CC[C@@H](O)[C@@H]3N[C@H](C)CC[C@H]([C@H]3CC(=O)O)[C@H](O)Cc3ccc(cc3CCC(=O)O)C[C@@]([C@@](C)(O)[C@@H]3c4ccc(O)cc4C=C[C@H]3CCO)(CC#Cc3c(CC)cccc3CC1)N2. The number of aliphatic hydroxyl groups is 8. The highest BCUT2D eigenvalue weighted by Crippen LogP contribution is 2.51. The minimum Gasteiger partial charge on any atom is -0.508 e. The third-order valence-electron chi connectivity index (χ3n) is 18.3. The molecule has 15 heteroatoms. The number of allylic oxidation sites excluding steroid dienone is 3. The average Bonchev–Trinajstić information content (AvgIpc) is 3.71. The van der Waals surface area contributed by atoms with Gasteiger partial charge in [-0.15, -0.1) is 0 Å². The smallest absolute Gasteiger partial charge is 0.303 e. The highest BCUT2D eigenvalue weighted by atomic mass is 16.4. The van der Waals surface area contributed by atoms with Crippen LogP contribution in [-0.2, 0) is 41.7 Å². The van der Waals surface area contributed by atoms with E-state index in [0.717, 1.165) is 23.1 Å². The number of fused-ring (bicyclic) bond motifs is 7. The first-order valence-corrected chi connectivity index (χ1v) is 29.7. The summed E-state index contributed by atoms with van der Waals surface area (Å²) in [7, 11) is 0. The predicted octanol–water partition coefficient (Wildman–Crippen LogP) is 6.57. The Hall–Kier alpha value is -5.22. The Morgan fingerprint density at radius 1 is 0.926 bits per heavy atom. The number of aryl methyl sites for hydroxylation is 3. The summed E-state index contributed by atoms with van der Waals surface area (Å²) in [6, 6.07) is 14.9. The molecule has 0 radical (unpaired) electrons. The Morgan fingerprint density at radius 3 is 2.43 bits per heavy atom. The molecule has 81 heavy (non-hydrogen) atoms. The fraction of sp³-hybridized carbons (Fsp3) is 0.576. The summed E-state index contributed by atoms with van der Waals surface area (Å²) in [6.45, 7) is 6.95. The summed E-state index contributed by atoms with van der Waals surface area (Å²) in [5, 5.41) is 135. The molecular formula is C66H90N2O13. The van der Waals surface area contributed by atoms with Gasteiger partial charge in [-0.1, -0.05) is 105 Å². The molecule has 5 aliphatic rings. The highest BCUT2D eigenvalue weighted by molar-refractivity contribution is 5.68. The monoisotopic (exact) mass is 1120 g/mol. The Balaban J connectivity index is 1.61. The molecule has 3 aromatic carbocycles.